The topological polar surface area (TPSA) is 147 Å². The summed E-state index contributed by atoms with van der Waals surface area (Å²) in [7, 11) is 0. The molecule has 0 aliphatic heterocycles. The molecule has 8 nitrogen and oxygen atoms in total. The summed E-state index contributed by atoms with van der Waals surface area (Å²) in [6.07, 6.45) is 1.22. The number of benzene rings is 1. The molecule has 1 amide bonds. The summed E-state index contributed by atoms with van der Waals surface area (Å²) >= 11 is 0. The second kappa shape index (κ2) is 12.4. The first kappa shape index (κ1) is 24.0. The normalized spacial score (nSPS) is 15.6. The summed E-state index contributed by atoms with van der Waals surface area (Å²) in [5, 5.41) is 42.1. The number of nitrogens with zero attached hydrogens (tertiary/aromatic N) is 1. The minimum Gasteiger partial charge on any atom is -0.393 e. The van der Waals surface area contributed by atoms with Gasteiger partial charge in [0.05, 0.1) is 6.10 Å². The number of amides is 1. The number of hydrogen-bond donors (Lipinski definition) is 4. The van der Waals surface area contributed by atoms with Gasteiger partial charge in [-0.25, -0.2) is 0 Å². The summed E-state index contributed by atoms with van der Waals surface area (Å²) in [5.41, 5.74) is 5.84. The van der Waals surface area contributed by atoms with Crippen molar-refractivity contribution >= 4 is 5.91 Å². The average Bonchev–Trinajstić information content (AvgIpc) is 2.61. The largest absolute Gasteiger partial charge is 0.393 e. The zero-order valence-electron chi connectivity index (χ0n) is 16.4. The summed E-state index contributed by atoms with van der Waals surface area (Å²) in [6, 6.07) is 4.60. The number of unbranched alkanes of at least 4 members (excludes halogenated alkanes) is 4. The Morgan fingerprint density at radius 1 is 1.11 bits per heavy atom. The number of nitrogens with two attached hydrogens (primary N) is 1. The lowest BCUT2D eigenvalue weighted by Crippen LogP contribution is -2.46. The zero-order valence-corrected chi connectivity index (χ0v) is 16.4. The van der Waals surface area contributed by atoms with Crippen molar-refractivity contribution in [2.24, 2.45) is 5.73 Å². The Morgan fingerprint density at radius 2 is 1.75 bits per heavy atom. The molecule has 0 aliphatic rings. The van der Waals surface area contributed by atoms with Crippen LogP contribution < -0.4 is 5.73 Å². The Hall–Kier alpha value is -2.03. The number of carbonyl (C=O) groups excluding carboxylic acids is 1. The lowest BCUT2D eigenvalue weighted by Gasteiger charge is -2.23. The van der Waals surface area contributed by atoms with Crippen molar-refractivity contribution in [1.82, 2.24) is 0 Å². The second-order valence-electron chi connectivity index (χ2n) is 7.23. The fourth-order valence-electron chi connectivity index (χ4n) is 3.34. The van der Waals surface area contributed by atoms with Crippen LogP contribution in [0, 0.1) is 10.1 Å². The molecular weight excluding hydrogens is 364 g/mol. The molecule has 0 spiro atoms. The van der Waals surface area contributed by atoms with Gasteiger partial charge in [-0.3, -0.25) is 14.9 Å². The number of rotatable bonds is 14. The first-order valence-electron chi connectivity index (χ1n) is 9.83. The van der Waals surface area contributed by atoms with Gasteiger partial charge in [-0.15, -0.1) is 0 Å². The van der Waals surface area contributed by atoms with Crippen molar-refractivity contribution in [3.05, 3.63) is 45.5 Å². The molecule has 4 unspecified atom stereocenters. The molecule has 28 heavy (non-hydrogen) atoms. The van der Waals surface area contributed by atoms with Crippen molar-refractivity contribution in [2.45, 2.75) is 82.6 Å². The van der Waals surface area contributed by atoms with Gasteiger partial charge in [0, 0.05) is 23.3 Å². The van der Waals surface area contributed by atoms with Crippen LogP contribution >= 0.6 is 0 Å². The van der Waals surface area contributed by atoms with Crippen molar-refractivity contribution in [3.63, 3.8) is 0 Å². The molecule has 1 aromatic rings. The van der Waals surface area contributed by atoms with Crippen LogP contribution in [0.1, 0.15) is 67.8 Å². The fraction of sp³-hybridized carbons (Fsp3) is 0.650. The van der Waals surface area contributed by atoms with Crippen LogP contribution in [0.25, 0.3) is 0 Å². The van der Waals surface area contributed by atoms with E-state index in [9.17, 15) is 30.2 Å². The second-order valence-corrected chi connectivity index (χ2v) is 7.23. The molecule has 1 aromatic carbocycles. The van der Waals surface area contributed by atoms with Crippen LogP contribution in [0.3, 0.4) is 0 Å². The van der Waals surface area contributed by atoms with E-state index in [0.717, 1.165) is 32.1 Å². The van der Waals surface area contributed by atoms with Gasteiger partial charge >= 0.3 is 0 Å². The maximum atomic E-state index is 11.5. The molecule has 4 atom stereocenters. The van der Waals surface area contributed by atoms with Gasteiger partial charge in [-0.2, -0.15) is 0 Å². The van der Waals surface area contributed by atoms with Crippen molar-refractivity contribution < 1.29 is 25.0 Å². The van der Waals surface area contributed by atoms with Crippen LogP contribution in [0.5, 0.6) is 0 Å². The van der Waals surface area contributed by atoms with E-state index in [4.69, 9.17) is 5.73 Å². The molecule has 1 rings (SSSR count). The quantitative estimate of drug-likeness (QED) is 0.214. The number of primary amides is 1. The van der Waals surface area contributed by atoms with Gasteiger partial charge in [0.1, 0.15) is 12.2 Å². The van der Waals surface area contributed by atoms with Crippen molar-refractivity contribution in [1.29, 1.82) is 0 Å². The summed E-state index contributed by atoms with van der Waals surface area (Å²) < 4.78 is 0. The molecule has 0 heterocycles. The van der Waals surface area contributed by atoms with Crippen LogP contribution in [-0.2, 0) is 6.42 Å². The standard InChI is InChI=1S/C20H32N2O6/c1-2-3-4-5-6-10-15(23)13-18(25)19(22(27)28)17(24)12-14-9-7-8-11-16(14)20(21)26/h7-9,11,15,17-19,23-25H,2-6,10,12-13H2,1H3,(H2,21,26). The number of aliphatic hydroxyl groups is 3. The third-order valence-corrected chi connectivity index (χ3v) is 4.90. The zero-order chi connectivity index (χ0) is 21.1. The Morgan fingerprint density at radius 3 is 2.36 bits per heavy atom. The molecular formula is C20H32N2O6. The first-order valence-corrected chi connectivity index (χ1v) is 9.83. The molecule has 0 bridgehead atoms. The highest BCUT2D eigenvalue weighted by molar-refractivity contribution is 5.94. The van der Waals surface area contributed by atoms with Crippen LogP contribution in [0.4, 0.5) is 0 Å². The number of nitro groups is 1. The molecule has 0 radical (unpaired) electrons. The molecule has 0 saturated heterocycles. The van der Waals surface area contributed by atoms with E-state index in [2.05, 4.69) is 6.92 Å². The number of aliphatic hydroxyl groups excluding tert-OH is 3. The maximum Gasteiger partial charge on any atom is 0.264 e. The van der Waals surface area contributed by atoms with E-state index in [-0.39, 0.29) is 18.4 Å². The SMILES string of the molecule is CCCCCCCC(O)CC(O)C(C(O)Cc1ccccc1C(N)=O)[N+](=O)[O-]. The molecule has 158 valence electrons. The fourth-order valence-corrected chi connectivity index (χ4v) is 3.34. The predicted molar refractivity (Wildman–Crippen MR) is 105 cm³/mol. The monoisotopic (exact) mass is 396 g/mol. The lowest BCUT2D eigenvalue weighted by molar-refractivity contribution is -0.546. The van der Waals surface area contributed by atoms with E-state index >= 15 is 0 Å². The van der Waals surface area contributed by atoms with Crippen molar-refractivity contribution in [3.8, 4) is 0 Å². The van der Waals surface area contributed by atoms with E-state index in [0.29, 0.717) is 12.0 Å². The van der Waals surface area contributed by atoms with Gasteiger partial charge in [-0.05, 0) is 18.1 Å². The summed E-state index contributed by atoms with van der Waals surface area (Å²) in [6.45, 7) is 2.11. The van der Waals surface area contributed by atoms with E-state index in [1.54, 1.807) is 18.2 Å². The minimum absolute atomic E-state index is 0.172. The smallest absolute Gasteiger partial charge is 0.264 e. The lowest BCUT2D eigenvalue weighted by atomic mass is 9.92. The van der Waals surface area contributed by atoms with E-state index in [1.165, 1.54) is 6.07 Å². The van der Waals surface area contributed by atoms with Gasteiger partial charge in [0.15, 0.2) is 0 Å². The van der Waals surface area contributed by atoms with Gasteiger partial charge in [-0.1, -0.05) is 57.2 Å². The highest BCUT2D eigenvalue weighted by Crippen LogP contribution is 2.19. The van der Waals surface area contributed by atoms with Crippen molar-refractivity contribution in [2.75, 3.05) is 0 Å². The average molecular weight is 396 g/mol. The highest BCUT2D eigenvalue weighted by atomic mass is 16.6. The third kappa shape index (κ3) is 7.92. The maximum absolute atomic E-state index is 11.5. The van der Waals surface area contributed by atoms with Crippen LogP contribution in [-0.4, -0.2) is 50.5 Å². The van der Waals surface area contributed by atoms with Gasteiger partial charge < -0.3 is 21.1 Å². The van der Waals surface area contributed by atoms with Crippen LogP contribution in [0.2, 0.25) is 0 Å². The third-order valence-electron chi connectivity index (χ3n) is 4.90. The molecule has 0 aliphatic carbocycles. The van der Waals surface area contributed by atoms with E-state index < -0.39 is 35.2 Å². The van der Waals surface area contributed by atoms with Crippen LogP contribution in [0.15, 0.2) is 24.3 Å². The van der Waals surface area contributed by atoms with E-state index in [1.807, 2.05) is 0 Å². The summed E-state index contributed by atoms with van der Waals surface area (Å²) in [4.78, 5) is 22.2. The predicted octanol–water partition coefficient (Wildman–Crippen LogP) is 1.81. The number of hydrogen-bond acceptors (Lipinski definition) is 6. The molecule has 0 aromatic heterocycles. The molecule has 5 N–H and O–H groups in total. The Labute approximate surface area is 165 Å². The van der Waals surface area contributed by atoms with Gasteiger partial charge in [0.2, 0.25) is 5.91 Å². The Kier molecular flexibility index (Phi) is 10.7. The molecule has 8 heteroatoms. The number of carbonyl (C=O) groups is 1. The Bertz CT molecular complexity index is 624. The highest BCUT2D eigenvalue weighted by Gasteiger charge is 2.38. The summed E-state index contributed by atoms with van der Waals surface area (Å²) in [5.74, 6) is -0.695. The Balaban J connectivity index is 2.68. The molecule has 0 fully saturated rings. The molecule has 0 saturated carbocycles. The first-order chi connectivity index (χ1) is 13.3. The minimum atomic E-state index is -1.67. The van der Waals surface area contributed by atoms with Gasteiger partial charge in [0.25, 0.3) is 6.04 Å².